The topological polar surface area (TPSA) is 61.6 Å². The third-order valence-electron chi connectivity index (χ3n) is 1.89. The lowest BCUT2D eigenvalue weighted by Gasteiger charge is -1.99. The Balaban J connectivity index is 2.62. The molecule has 1 aromatic heterocycles. The number of aromatic amines is 1. The average Bonchev–Trinajstić information content (AvgIpc) is 2.48. The van der Waals surface area contributed by atoms with Crippen LogP contribution in [0.1, 0.15) is 31.9 Å². The summed E-state index contributed by atoms with van der Waals surface area (Å²) in [5.41, 5.74) is 0.217. The number of nitriles is 1. The second-order valence-corrected chi connectivity index (χ2v) is 2.98. The van der Waals surface area contributed by atoms with Gasteiger partial charge < -0.3 is 0 Å². The molecule has 0 radical (unpaired) electrons. The zero-order valence-electron chi connectivity index (χ0n) is 7.71. The van der Waals surface area contributed by atoms with E-state index in [1.165, 1.54) is 10.7 Å². The Kier molecular flexibility index (Phi) is 3.32. The normalized spacial score (nSPS) is 9.85. The summed E-state index contributed by atoms with van der Waals surface area (Å²) in [6.07, 6.45) is 3.20. The van der Waals surface area contributed by atoms with E-state index in [1.54, 1.807) is 0 Å². The van der Waals surface area contributed by atoms with Crippen LogP contribution in [0.5, 0.6) is 0 Å². The number of hydrogen-bond acceptors (Lipinski definition) is 2. The Hall–Kier alpha value is -1.50. The first-order valence-electron chi connectivity index (χ1n) is 4.48. The summed E-state index contributed by atoms with van der Waals surface area (Å²) in [7, 11) is 0. The molecule has 0 aliphatic rings. The van der Waals surface area contributed by atoms with Gasteiger partial charge in [0, 0.05) is 12.6 Å². The van der Waals surface area contributed by atoms with Crippen molar-refractivity contribution in [3.8, 4) is 6.07 Å². The number of nitrogens with one attached hydrogen (secondary N) is 1. The number of hydrogen-bond donors (Lipinski definition) is 1. The Morgan fingerprint density at radius 3 is 2.92 bits per heavy atom. The van der Waals surface area contributed by atoms with Crippen molar-refractivity contribution < 1.29 is 0 Å². The first kappa shape index (κ1) is 9.59. The number of aromatic nitrogens is 2. The number of nitrogens with zero attached hydrogens (tertiary/aromatic N) is 2. The molecule has 70 valence electrons. The summed E-state index contributed by atoms with van der Waals surface area (Å²) in [6.45, 7) is 2.78. The van der Waals surface area contributed by atoms with Crippen LogP contribution in [-0.2, 0) is 6.54 Å². The largest absolute Gasteiger partial charge is 0.285 e. The highest BCUT2D eigenvalue weighted by molar-refractivity contribution is 5.16. The van der Waals surface area contributed by atoms with Crippen LogP contribution in [0.4, 0.5) is 0 Å². The summed E-state index contributed by atoms with van der Waals surface area (Å²) in [5.74, 6) is 0. The molecule has 0 fully saturated rings. The molecule has 0 spiro atoms. The minimum Gasteiger partial charge on any atom is -0.285 e. The molecular weight excluding hydrogens is 166 g/mol. The molecule has 0 bridgehead atoms. The summed E-state index contributed by atoms with van der Waals surface area (Å²) < 4.78 is 1.48. The molecule has 4 nitrogen and oxygen atoms in total. The molecule has 0 saturated carbocycles. The highest BCUT2D eigenvalue weighted by atomic mass is 16.1. The van der Waals surface area contributed by atoms with Crippen molar-refractivity contribution in [3.05, 3.63) is 22.1 Å². The van der Waals surface area contributed by atoms with Crippen LogP contribution in [0.2, 0.25) is 0 Å². The van der Waals surface area contributed by atoms with Gasteiger partial charge in [-0.15, -0.1) is 0 Å². The lowest BCUT2D eigenvalue weighted by Crippen LogP contribution is -2.15. The molecule has 0 aromatic carbocycles. The molecule has 0 unspecified atom stereocenters. The number of H-pyrrole nitrogens is 1. The SMILES string of the molecule is CCCCCn1[nH]c(C#N)cc1=O. The molecular formula is C9H13N3O. The van der Waals surface area contributed by atoms with Gasteiger partial charge in [0.1, 0.15) is 11.8 Å². The van der Waals surface area contributed by atoms with E-state index < -0.39 is 0 Å². The van der Waals surface area contributed by atoms with Crippen molar-refractivity contribution >= 4 is 0 Å². The Labute approximate surface area is 76.8 Å². The van der Waals surface area contributed by atoms with Crippen molar-refractivity contribution in [1.82, 2.24) is 9.78 Å². The predicted octanol–water partition coefficient (Wildman–Crippen LogP) is 1.24. The lowest BCUT2D eigenvalue weighted by molar-refractivity contribution is 0.539. The number of rotatable bonds is 4. The van der Waals surface area contributed by atoms with E-state index in [1.807, 2.05) is 6.07 Å². The van der Waals surface area contributed by atoms with Gasteiger partial charge in [-0.3, -0.25) is 14.6 Å². The fraction of sp³-hybridized carbons (Fsp3) is 0.556. The maximum absolute atomic E-state index is 11.2. The van der Waals surface area contributed by atoms with Gasteiger partial charge in [0.05, 0.1) is 0 Å². The maximum Gasteiger partial charge on any atom is 0.267 e. The van der Waals surface area contributed by atoms with Gasteiger partial charge in [-0.1, -0.05) is 19.8 Å². The molecule has 0 amide bonds. The third-order valence-corrected chi connectivity index (χ3v) is 1.89. The van der Waals surface area contributed by atoms with Crippen molar-refractivity contribution in [3.63, 3.8) is 0 Å². The zero-order valence-corrected chi connectivity index (χ0v) is 7.71. The van der Waals surface area contributed by atoms with Gasteiger partial charge >= 0.3 is 0 Å². The summed E-state index contributed by atoms with van der Waals surface area (Å²) in [6, 6.07) is 3.23. The smallest absolute Gasteiger partial charge is 0.267 e. The molecule has 1 N–H and O–H groups in total. The van der Waals surface area contributed by atoms with Crippen molar-refractivity contribution in [2.75, 3.05) is 0 Å². The van der Waals surface area contributed by atoms with Crippen molar-refractivity contribution in [1.29, 1.82) is 5.26 Å². The van der Waals surface area contributed by atoms with Gasteiger partial charge in [0.15, 0.2) is 0 Å². The third kappa shape index (κ3) is 2.48. The predicted molar refractivity (Wildman–Crippen MR) is 49.3 cm³/mol. The Bertz CT molecular complexity index is 356. The van der Waals surface area contributed by atoms with Crippen LogP contribution < -0.4 is 5.56 Å². The minimum absolute atomic E-state index is 0.118. The standard InChI is InChI=1S/C9H13N3O/c1-2-3-4-5-12-9(13)6-8(7-10)11-12/h6,11H,2-5H2,1H3. The van der Waals surface area contributed by atoms with Gasteiger partial charge in [0.2, 0.25) is 0 Å². The van der Waals surface area contributed by atoms with Crippen LogP contribution in [0.15, 0.2) is 10.9 Å². The van der Waals surface area contributed by atoms with Crippen LogP contribution in [0, 0.1) is 11.3 Å². The first-order chi connectivity index (χ1) is 6.27. The molecule has 0 atom stereocenters. The van der Waals surface area contributed by atoms with Gasteiger partial charge in [-0.05, 0) is 6.42 Å². The fourth-order valence-corrected chi connectivity index (χ4v) is 1.18. The van der Waals surface area contributed by atoms with E-state index in [-0.39, 0.29) is 5.56 Å². The molecule has 0 aliphatic heterocycles. The van der Waals surface area contributed by atoms with E-state index >= 15 is 0 Å². The maximum atomic E-state index is 11.2. The summed E-state index contributed by atoms with van der Waals surface area (Å²) >= 11 is 0. The van der Waals surface area contributed by atoms with Gasteiger partial charge in [-0.25, -0.2) is 0 Å². The Morgan fingerprint density at radius 2 is 2.38 bits per heavy atom. The van der Waals surface area contributed by atoms with E-state index in [4.69, 9.17) is 5.26 Å². The number of unbranched alkanes of at least 4 members (excludes halogenated alkanes) is 2. The van der Waals surface area contributed by atoms with Crippen molar-refractivity contribution in [2.24, 2.45) is 0 Å². The summed E-state index contributed by atoms with van der Waals surface area (Å²) in [5, 5.41) is 11.2. The summed E-state index contributed by atoms with van der Waals surface area (Å²) in [4.78, 5) is 11.2. The van der Waals surface area contributed by atoms with Gasteiger partial charge in [0.25, 0.3) is 5.56 Å². The average molecular weight is 179 g/mol. The zero-order chi connectivity index (χ0) is 9.68. The molecule has 1 rings (SSSR count). The highest BCUT2D eigenvalue weighted by Gasteiger charge is 2.00. The minimum atomic E-state index is -0.118. The van der Waals surface area contributed by atoms with Crippen LogP contribution in [-0.4, -0.2) is 9.78 Å². The molecule has 0 saturated heterocycles. The van der Waals surface area contributed by atoms with E-state index in [0.29, 0.717) is 12.2 Å². The second kappa shape index (κ2) is 4.51. The molecule has 1 heterocycles. The van der Waals surface area contributed by atoms with E-state index in [0.717, 1.165) is 19.3 Å². The number of aryl methyl sites for hydroxylation is 1. The molecule has 4 heteroatoms. The second-order valence-electron chi connectivity index (χ2n) is 2.98. The van der Waals surface area contributed by atoms with E-state index in [2.05, 4.69) is 12.0 Å². The molecule has 0 aliphatic carbocycles. The van der Waals surface area contributed by atoms with Gasteiger partial charge in [-0.2, -0.15) is 5.26 Å². The monoisotopic (exact) mass is 179 g/mol. The molecule has 13 heavy (non-hydrogen) atoms. The fourth-order valence-electron chi connectivity index (χ4n) is 1.18. The van der Waals surface area contributed by atoms with Crippen LogP contribution in [0.3, 0.4) is 0 Å². The Morgan fingerprint density at radius 1 is 1.62 bits per heavy atom. The van der Waals surface area contributed by atoms with Crippen LogP contribution in [0.25, 0.3) is 0 Å². The van der Waals surface area contributed by atoms with Crippen molar-refractivity contribution in [2.45, 2.75) is 32.7 Å². The van der Waals surface area contributed by atoms with Crippen LogP contribution >= 0.6 is 0 Å². The molecule has 1 aromatic rings. The highest BCUT2D eigenvalue weighted by Crippen LogP contribution is 1.96. The quantitative estimate of drug-likeness (QED) is 0.707. The van der Waals surface area contributed by atoms with E-state index in [9.17, 15) is 4.79 Å². The lowest BCUT2D eigenvalue weighted by atomic mass is 10.2. The first-order valence-corrected chi connectivity index (χ1v) is 4.48.